The number of hydrogen-bond donors (Lipinski definition) is 1. The van der Waals surface area contributed by atoms with Crippen LogP contribution in [-0.4, -0.2) is 13.4 Å². The fourth-order valence-electron chi connectivity index (χ4n) is 4.17. The summed E-state index contributed by atoms with van der Waals surface area (Å²) in [5, 5.41) is 22.7. The molecule has 0 aromatic heterocycles. The highest BCUT2D eigenvalue weighted by Gasteiger charge is 2.45. The number of nitriles is 1. The second kappa shape index (κ2) is 11.2. The van der Waals surface area contributed by atoms with Crippen molar-refractivity contribution in [1.29, 1.82) is 5.26 Å². The van der Waals surface area contributed by atoms with Gasteiger partial charge in [-0.05, 0) is 47.3 Å². The first kappa shape index (κ1) is 27.9. The van der Waals surface area contributed by atoms with E-state index in [0.717, 1.165) is 26.9 Å². The van der Waals surface area contributed by atoms with Gasteiger partial charge in [0.15, 0.2) is 5.60 Å². The number of benzene rings is 3. The molecule has 0 aliphatic carbocycles. The average Bonchev–Trinajstić information content (AvgIpc) is 2.86. The third-order valence-corrected chi connectivity index (χ3v) is 12.3. The van der Waals surface area contributed by atoms with Crippen LogP contribution in [0.2, 0.25) is 18.1 Å². The van der Waals surface area contributed by atoms with E-state index in [1.165, 1.54) is 0 Å². The second-order valence-corrected chi connectivity index (χ2v) is 16.2. The summed E-state index contributed by atoms with van der Waals surface area (Å²) in [7, 11) is -2.29. The third kappa shape index (κ3) is 5.67. The van der Waals surface area contributed by atoms with Crippen molar-refractivity contribution in [2.45, 2.75) is 63.8 Å². The SMILES string of the molecule is CC/C(=C(\O[Si](C)(C)C(C)(C)C)c1ccccc1Br)C(c1ccccc1)C(O)(C#N)c1ccccc1. The maximum Gasteiger partial charge on any atom is 0.250 e. The zero-order valence-corrected chi connectivity index (χ0v) is 24.6. The van der Waals surface area contributed by atoms with Crippen LogP contribution in [0.5, 0.6) is 0 Å². The second-order valence-electron chi connectivity index (χ2n) is 10.6. The van der Waals surface area contributed by atoms with Gasteiger partial charge in [0.1, 0.15) is 11.8 Å². The molecule has 36 heavy (non-hydrogen) atoms. The number of hydrogen-bond acceptors (Lipinski definition) is 3. The molecule has 0 heterocycles. The van der Waals surface area contributed by atoms with Gasteiger partial charge in [0.25, 0.3) is 8.32 Å². The highest BCUT2D eigenvalue weighted by molar-refractivity contribution is 9.10. The van der Waals surface area contributed by atoms with E-state index in [2.05, 4.69) is 62.8 Å². The predicted molar refractivity (Wildman–Crippen MR) is 155 cm³/mol. The molecule has 3 rings (SSSR count). The summed E-state index contributed by atoms with van der Waals surface area (Å²) >= 11 is 3.74. The van der Waals surface area contributed by atoms with Crippen LogP contribution >= 0.6 is 15.9 Å². The van der Waals surface area contributed by atoms with Crippen molar-refractivity contribution < 1.29 is 9.53 Å². The van der Waals surface area contributed by atoms with Gasteiger partial charge in [-0.25, -0.2) is 0 Å². The first-order valence-corrected chi connectivity index (χ1v) is 16.1. The molecule has 0 fully saturated rings. The molecule has 2 unspecified atom stereocenters. The van der Waals surface area contributed by atoms with Gasteiger partial charge in [-0.3, -0.25) is 0 Å². The van der Waals surface area contributed by atoms with Gasteiger partial charge in [-0.2, -0.15) is 5.26 Å². The lowest BCUT2D eigenvalue weighted by atomic mass is 9.72. The van der Waals surface area contributed by atoms with E-state index >= 15 is 0 Å². The largest absolute Gasteiger partial charge is 0.543 e. The molecule has 0 spiro atoms. The minimum absolute atomic E-state index is 0.0361. The summed E-state index contributed by atoms with van der Waals surface area (Å²) in [5.74, 6) is 0.109. The molecular weight excluding hydrogens is 526 g/mol. The normalized spacial score (nSPS) is 15.3. The molecule has 2 atom stereocenters. The molecule has 1 N–H and O–H groups in total. The van der Waals surface area contributed by atoms with Gasteiger partial charge in [0.2, 0.25) is 0 Å². The number of aliphatic hydroxyl groups is 1. The van der Waals surface area contributed by atoms with Crippen LogP contribution in [0.15, 0.2) is 95.0 Å². The lowest BCUT2D eigenvalue weighted by Crippen LogP contribution is -2.41. The van der Waals surface area contributed by atoms with Crippen molar-refractivity contribution in [2.24, 2.45) is 0 Å². The van der Waals surface area contributed by atoms with Crippen LogP contribution in [0.3, 0.4) is 0 Å². The van der Waals surface area contributed by atoms with E-state index < -0.39 is 19.8 Å². The zero-order valence-electron chi connectivity index (χ0n) is 22.0. The topological polar surface area (TPSA) is 53.2 Å². The van der Waals surface area contributed by atoms with Crippen molar-refractivity contribution in [1.82, 2.24) is 0 Å². The molecular formula is C31H36BrNO2Si. The van der Waals surface area contributed by atoms with Crippen molar-refractivity contribution in [3.05, 3.63) is 112 Å². The molecule has 0 saturated heterocycles. The van der Waals surface area contributed by atoms with Crippen LogP contribution < -0.4 is 0 Å². The van der Waals surface area contributed by atoms with Crippen LogP contribution in [0, 0.1) is 11.3 Å². The Bertz CT molecular complexity index is 1240. The molecule has 0 aliphatic rings. The summed E-state index contributed by atoms with van der Waals surface area (Å²) in [6.07, 6.45) is 0.599. The Kier molecular flexibility index (Phi) is 8.66. The Morgan fingerprint density at radius 1 is 0.944 bits per heavy atom. The van der Waals surface area contributed by atoms with Crippen molar-refractivity contribution >= 4 is 30.0 Å². The maximum absolute atomic E-state index is 12.2. The smallest absolute Gasteiger partial charge is 0.250 e. The van der Waals surface area contributed by atoms with Crippen molar-refractivity contribution in [3.63, 3.8) is 0 Å². The molecule has 0 amide bonds. The lowest BCUT2D eigenvalue weighted by Gasteiger charge is -2.40. The molecule has 0 bridgehead atoms. The van der Waals surface area contributed by atoms with E-state index in [9.17, 15) is 10.4 Å². The van der Waals surface area contributed by atoms with Crippen LogP contribution in [0.1, 0.15) is 56.7 Å². The molecule has 0 radical (unpaired) electrons. The molecule has 3 aromatic carbocycles. The van der Waals surface area contributed by atoms with Gasteiger partial charge in [0, 0.05) is 10.0 Å². The maximum atomic E-state index is 12.2. The Morgan fingerprint density at radius 3 is 1.97 bits per heavy atom. The van der Waals surface area contributed by atoms with Gasteiger partial charge in [-0.15, -0.1) is 0 Å². The fourth-order valence-corrected chi connectivity index (χ4v) is 5.69. The zero-order chi connectivity index (χ0) is 26.6. The molecule has 5 heteroatoms. The number of nitrogens with zero attached hydrogens (tertiary/aromatic N) is 1. The standard InChI is InChI=1S/C31H36BrNO2Si/c1-7-25(29(26-20-14-15-21-27(26)32)35-36(5,6)30(2,3)4)28(23-16-10-8-11-17-23)31(34,22-33)24-18-12-9-13-19-24/h8-21,28,34H,7H2,1-6H3/b29-25+. The summed E-state index contributed by atoms with van der Waals surface area (Å²) in [5.41, 5.74) is 1.45. The summed E-state index contributed by atoms with van der Waals surface area (Å²) in [4.78, 5) is 0. The van der Waals surface area contributed by atoms with Gasteiger partial charge >= 0.3 is 0 Å². The van der Waals surface area contributed by atoms with Gasteiger partial charge in [-0.1, -0.05) is 122 Å². The van der Waals surface area contributed by atoms with E-state index in [-0.39, 0.29) is 5.04 Å². The summed E-state index contributed by atoms with van der Waals surface area (Å²) in [6, 6.07) is 29.4. The summed E-state index contributed by atoms with van der Waals surface area (Å²) < 4.78 is 7.98. The van der Waals surface area contributed by atoms with Crippen molar-refractivity contribution in [2.75, 3.05) is 0 Å². The Balaban J connectivity index is 2.43. The minimum Gasteiger partial charge on any atom is -0.543 e. The van der Waals surface area contributed by atoms with E-state index in [1.807, 2.05) is 84.9 Å². The highest BCUT2D eigenvalue weighted by atomic mass is 79.9. The van der Waals surface area contributed by atoms with Gasteiger partial charge < -0.3 is 9.53 Å². The molecule has 3 aromatic rings. The molecule has 0 aliphatic heterocycles. The van der Waals surface area contributed by atoms with E-state index in [0.29, 0.717) is 12.0 Å². The molecule has 3 nitrogen and oxygen atoms in total. The van der Waals surface area contributed by atoms with Crippen LogP contribution in [0.4, 0.5) is 0 Å². The average molecular weight is 563 g/mol. The van der Waals surface area contributed by atoms with Gasteiger partial charge in [0.05, 0.1) is 5.92 Å². The fraction of sp³-hybridized carbons (Fsp3) is 0.323. The van der Waals surface area contributed by atoms with E-state index in [4.69, 9.17) is 4.43 Å². The highest BCUT2D eigenvalue weighted by Crippen LogP contribution is 2.48. The first-order chi connectivity index (χ1) is 17.0. The van der Waals surface area contributed by atoms with Crippen LogP contribution in [0.25, 0.3) is 5.76 Å². The Labute approximate surface area is 225 Å². The number of halogens is 1. The Morgan fingerprint density at radius 2 is 1.47 bits per heavy atom. The van der Waals surface area contributed by atoms with Crippen molar-refractivity contribution in [3.8, 4) is 6.07 Å². The lowest BCUT2D eigenvalue weighted by molar-refractivity contribution is 0.0766. The summed E-state index contributed by atoms with van der Waals surface area (Å²) in [6.45, 7) is 13.2. The predicted octanol–water partition coefficient (Wildman–Crippen LogP) is 8.79. The quantitative estimate of drug-likeness (QED) is 0.170. The third-order valence-electron chi connectivity index (χ3n) is 7.24. The van der Waals surface area contributed by atoms with E-state index in [1.54, 1.807) is 0 Å². The minimum atomic E-state index is -2.29. The number of rotatable bonds is 8. The molecule has 0 saturated carbocycles. The first-order valence-electron chi connectivity index (χ1n) is 12.4. The van der Waals surface area contributed by atoms with Crippen LogP contribution in [-0.2, 0) is 10.0 Å². The monoisotopic (exact) mass is 561 g/mol. The Hall–Kier alpha value is -2.65. The molecule has 188 valence electrons.